The van der Waals surface area contributed by atoms with Crippen LogP contribution in [0.4, 0.5) is 0 Å². The van der Waals surface area contributed by atoms with Crippen molar-refractivity contribution in [2.75, 3.05) is 0 Å². The number of rotatable bonds is 8. The molecule has 1 aromatic heterocycles. The fraction of sp³-hybridized carbons (Fsp3) is 0.179. The van der Waals surface area contributed by atoms with Gasteiger partial charge in [-0.05, 0) is 72.7 Å². The Hall–Kier alpha value is -3.30. The minimum absolute atomic E-state index is 0.306. The molecule has 1 heterocycles. The van der Waals surface area contributed by atoms with E-state index < -0.39 is 0 Å². The maximum Gasteiger partial charge on any atom is 0.114 e. The van der Waals surface area contributed by atoms with Gasteiger partial charge in [0.1, 0.15) is 6.04 Å². The molecule has 0 aliphatic carbocycles. The Balaban J connectivity index is 1.41. The molecular weight excluding hydrogens is 416 g/mol. The maximum absolute atomic E-state index is 11.0. The van der Waals surface area contributed by atoms with Crippen molar-refractivity contribution in [3.05, 3.63) is 117 Å². The molecule has 160 valence electrons. The Morgan fingerprint density at radius 3 is 2.66 bits per heavy atom. The van der Waals surface area contributed by atoms with E-state index in [4.69, 9.17) is 11.6 Å². The number of nitrogens with zero attached hydrogens (tertiary/aromatic N) is 2. The molecule has 1 atom stereocenters. The van der Waals surface area contributed by atoms with Crippen LogP contribution in [0.25, 0.3) is 23.1 Å². The molecule has 0 saturated heterocycles. The molecule has 4 heteroatoms. The number of aromatic nitrogens is 1. The molecule has 0 aliphatic heterocycles. The third-order valence-corrected chi connectivity index (χ3v) is 5.88. The van der Waals surface area contributed by atoms with Crippen molar-refractivity contribution in [2.45, 2.75) is 32.2 Å². The summed E-state index contributed by atoms with van der Waals surface area (Å²) in [5.41, 5.74) is 6.48. The van der Waals surface area contributed by atoms with E-state index in [1.54, 1.807) is 0 Å². The minimum atomic E-state index is -0.306. The van der Waals surface area contributed by atoms with Crippen molar-refractivity contribution in [1.82, 2.24) is 4.98 Å². The highest BCUT2D eigenvalue weighted by Crippen LogP contribution is 2.23. The Labute approximate surface area is 193 Å². The van der Waals surface area contributed by atoms with E-state index >= 15 is 0 Å². The molecule has 32 heavy (non-hydrogen) atoms. The zero-order valence-electron chi connectivity index (χ0n) is 18.0. The number of hydrogen-bond donors (Lipinski definition) is 0. The topological polar surface area (TPSA) is 42.3 Å². The molecular formula is C28H25ClN2O. The molecule has 3 nitrogen and oxygen atoms in total. The molecule has 0 N–H and O–H groups in total. The lowest BCUT2D eigenvalue weighted by molar-refractivity contribution is 0.762. The molecule has 0 amide bonds. The molecule has 4 rings (SSSR count). The normalized spacial score (nSPS) is 12.3. The highest BCUT2D eigenvalue weighted by Gasteiger charge is 2.09. The maximum atomic E-state index is 11.0. The van der Waals surface area contributed by atoms with E-state index in [1.165, 1.54) is 11.1 Å². The molecule has 0 bridgehead atoms. The van der Waals surface area contributed by atoms with E-state index in [-0.39, 0.29) is 6.04 Å². The molecule has 4 aromatic rings. The first-order chi connectivity index (χ1) is 15.6. The first kappa shape index (κ1) is 21.9. The Bertz CT molecular complexity index is 1270. The van der Waals surface area contributed by atoms with Crippen LogP contribution in [0.1, 0.15) is 47.3 Å². The van der Waals surface area contributed by atoms with Gasteiger partial charge in [0.15, 0.2) is 0 Å². The van der Waals surface area contributed by atoms with Gasteiger partial charge >= 0.3 is 0 Å². The van der Waals surface area contributed by atoms with Gasteiger partial charge < -0.3 is 0 Å². The average Bonchev–Trinajstić information content (AvgIpc) is 2.82. The molecule has 0 aliphatic rings. The third kappa shape index (κ3) is 5.49. The lowest BCUT2D eigenvalue weighted by atomic mass is 9.96. The van der Waals surface area contributed by atoms with Crippen LogP contribution in [0.3, 0.4) is 0 Å². The zero-order chi connectivity index (χ0) is 22.3. The van der Waals surface area contributed by atoms with Gasteiger partial charge in [-0.2, -0.15) is 4.91 Å². The number of halogens is 1. The van der Waals surface area contributed by atoms with Crippen LogP contribution in [-0.4, -0.2) is 4.98 Å². The Kier molecular flexibility index (Phi) is 7.08. The smallest absolute Gasteiger partial charge is 0.114 e. The largest absolute Gasteiger partial charge is 0.248 e. The predicted molar refractivity (Wildman–Crippen MR) is 135 cm³/mol. The monoisotopic (exact) mass is 440 g/mol. The highest BCUT2D eigenvalue weighted by atomic mass is 35.5. The van der Waals surface area contributed by atoms with Gasteiger partial charge in [-0.25, -0.2) is 4.98 Å². The van der Waals surface area contributed by atoms with E-state index in [0.717, 1.165) is 47.0 Å². The summed E-state index contributed by atoms with van der Waals surface area (Å²) in [6, 6.07) is 26.2. The van der Waals surface area contributed by atoms with Gasteiger partial charge in [-0.15, -0.1) is 0 Å². The summed E-state index contributed by atoms with van der Waals surface area (Å²) in [6.07, 6.45) is 7.05. The van der Waals surface area contributed by atoms with Gasteiger partial charge in [-0.3, -0.25) is 0 Å². The van der Waals surface area contributed by atoms with Crippen molar-refractivity contribution < 1.29 is 0 Å². The SMILES string of the molecule is CC(N=O)c1ccccc1CCCc1cccc(/C=C/c2ccc3ccc(Cl)cc3n2)c1. The fourth-order valence-corrected chi connectivity index (χ4v) is 4.11. The predicted octanol–water partition coefficient (Wildman–Crippen LogP) is 8.06. The van der Waals surface area contributed by atoms with Crippen LogP contribution in [0.5, 0.6) is 0 Å². The van der Waals surface area contributed by atoms with Crippen molar-refractivity contribution in [2.24, 2.45) is 5.18 Å². The fourth-order valence-electron chi connectivity index (χ4n) is 3.94. The molecule has 0 saturated carbocycles. The summed E-state index contributed by atoms with van der Waals surface area (Å²) < 4.78 is 0. The second-order valence-electron chi connectivity index (χ2n) is 7.99. The van der Waals surface area contributed by atoms with Crippen LogP contribution < -0.4 is 0 Å². The van der Waals surface area contributed by atoms with E-state index in [2.05, 4.69) is 52.6 Å². The summed E-state index contributed by atoms with van der Waals surface area (Å²) in [4.78, 5) is 15.7. The van der Waals surface area contributed by atoms with Crippen LogP contribution in [0.15, 0.2) is 84.0 Å². The first-order valence-corrected chi connectivity index (χ1v) is 11.2. The van der Waals surface area contributed by atoms with Crippen molar-refractivity contribution >= 4 is 34.7 Å². The summed E-state index contributed by atoms with van der Waals surface area (Å²) in [5.74, 6) is 0. The number of nitroso groups, excluding NO2 is 1. The highest BCUT2D eigenvalue weighted by molar-refractivity contribution is 6.31. The number of fused-ring (bicyclic) bond motifs is 1. The van der Waals surface area contributed by atoms with Gasteiger partial charge in [0.05, 0.1) is 11.2 Å². The number of hydrogen-bond acceptors (Lipinski definition) is 3. The van der Waals surface area contributed by atoms with E-state index in [1.807, 2.05) is 55.5 Å². The first-order valence-electron chi connectivity index (χ1n) is 10.9. The van der Waals surface area contributed by atoms with Crippen LogP contribution in [-0.2, 0) is 12.8 Å². The lowest BCUT2D eigenvalue weighted by Crippen LogP contribution is -1.98. The summed E-state index contributed by atoms with van der Waals surface area (Å²) >= 11 is 6.10. The van der Waals surface area contributed by atoms with Gasteiger partial charge in [0, 0.05) is 10.4 Å². The number of aryl methyl sites for hydroxylation is 2. The Morgan fingerprint density at radius 1 is 0.938 bits per heavy atom. The van der Waals surface area contributed by atoms with E-state index in [9.17, 15) is 4.91 Å². The second kappa shape index (κ2) is 10.3. The van der Waals surface area contributed by atoms with Crippen LogP contribution >= 0.6 is 11.6 Å². The van der Waals surface area contributed by atoms with Crippen molar-refractivity contribution in [1.29, 1.82) is 0 Å². The summed E-state index contributed by atoms with van der Waals surface area (Å²) in [7, 11) is 0. The molecule has 0 fully saturated rings. The van der Waals surface area contributed by atoms with Crippen LogP contribution in [0, 0.1) is 4.91 Å². The zero-order valence-corrected chi connectivity index (χ0v) is 18.8. The molecule has 0 spiro atoms. The summed E-state index contributed by atoms with van der Waals surface area (Å²) in [6.45, 7) is 1.85. The van der Waals surface area contributed by atoms with E-state index in [0.29, 0.717) is 5.02 Å². The quantitative estimate of drug-likeness (QED) is 0.260. The average molecular weight is 441 g/mol. The minimum Gasteiger partial charge on any atom is -0.248 e. The molecule has 0 radical (unpaired) electrons. The van der Waals surface area contributed by atoms with Gasteiger partial charge in [0.25, 0.3) is 0 Å². The standard InChI is InChI=1S/C28H25ClN2O/c1-20(31-32)27-11-3-2-9-23(27)10-5-8-21-6-4-7-22(18-21)12-16-26-17-14-24-13-15-25(29)19-28(24)30-26/h2-4,6-7,9,11-20H,5,8,10H2,1H3/b16-12+. The van der Waals surface area contributed by atoms with Gasteiger partial charge in [-0.1, -0.05) is 83.5 Å². The second-order valence-corrected chi connectivity index (χ2v) is 8.42. The molecule has 1 unspecified atom stereocenters. The van der Waals surface area contributed by atoms with Gasteiger partial charge in [0.2, 0.25) is 0 Å². The summed E-state index contributed by atoms with van der Waals surface area (Å²) in [5, 5.41) is 4.96. The number of benzene rings is 3. The lowest BCUT2D eigenvalue weighted by Gasteiger charge is -2.11. The van der Waals surface area contributed by atoms with Crippen molar-refractivity contribution in [3.8, 4) is 0 Å². The molecule has 3 aromatic carbocycles. The number of pyridine rings is 1. The van der Waals surface area contributed by atoms with Crippen LogP contribution in [0.2, 0.25) is 5.02 Å². The van der Waals surface area contributed by atoms with Crippen molar-refractivity contribution in [3.63, 3.8) is 0 Å². The third-order valence-electron chi connectivity index (χ3n) is 5.65. The Morgan fingerprint density at radius 2 is 1.78 bits per heavy atom.